The highest BCUT2D eigenvalue weighted by molar-refractivity contribution is 5.86. The minimum absolute atomic E-state index is 0.0300. The molecular formula is C14H21N3O2. The fourth-order valence-corrected chi connectivity index (χ4v) is 3.20. The van der Waals surface area contributed by atoms with Crippen LogP contribution in [0.3, 0.4) is 0 Å². The number of likely N-dealkylation sites (tertiary alicyclic amines) is 1. The molecule has 2 rings (SSSR count). The second-order valence-electron chi connectivity index (χ2n) is 5.72. The summed E-state index contributed by atoms with van der Waals surface area (Å²) in [6.45, 7) is 1.10. The Bertz CT molecular complexity index is 399. The molecule has 5 nitrogen and oxygen atoms in total. The summed E-state index contributed by atoms with van der Waals surface area (Å²) in [5, 5.41) is 9.41. The quantitative estimate of drug-likeness (QED) is 0.811. The van der Waals surface area contributed by atoms with E-state index in [1.807, 2.05) is 0 Å². The summed E-state index contributed by atoms with van der Waals surface area (Å²) in [4.78, 5) is 25.4. The Hall–Kier alpha value is -1.57. The van der Waals surface area contributed by atoms with Crippen molar-refractivity contribution in [2.24, 2.45) is 17.1 Å². The largest absolute Gasteiger partial charge is 0.369 e. The fourth-order valence-electron chi connectivity index (χ4n) is 3.20. The molecule has 0 bridgehead atoms. The van der Waals surface area contributed by atoms with E-state index in [0.717, 1.165) is 19.3 Å². The van der Waals surface area contributed by atoms with Crippen molar-refractivity contribution in [2.75, 3.05) is 13.1 Å². The second kappa shape index (κ2) is 5.60. The number of nitriles is 1. The maximum atomic E-state index is 12.6. The van der Waals surface area contributed by atoms with Crippen molar-refractivity contribution in [1.29, 1.82) is 5.26 Å². The third kappa shape index (κ3) is 2.73. The first-order valence-electron chi connectivity index (χ1n) is 7.09. The molecule has 0 unspecified atom stereocenters. The zero-order valence-corrected chi connectivity index (χ0v) is 11.2. The van der Waals surface area contributed by atoms with E-state index in [4.69, 9.17) is 5.73 Å². The van der Waals surface area contributed by atoms with Gasteiger partial charge in [0.2, 0.25) is 11.8 Å². The van der Waals surface area contributed by atoms with Gasteiger partial charge in [-0.05, 0) is 25.7 Å². The number of carbonyl (C=O) groups is 2. The molecule has 0 radical (unpaired) electrons. The van der Waals surface area contributed by atoms with Crippen LogP contribution in [0.15, 0.2) is 0 Å². The third-order valence-corrected chi connectivity index (χ3v) is 4.52. The Morgan fingerprint density at radius 3 is 2.21 bits per heavy atom. The highest BCUT2D eigenvalue weighted by Crippen LogP contribution is 2.38. The van der Waals surface area contributed by atoms with Crippen LogP contribution in [0, 0.1) is 22.7 Å². The molecule has 19 heavy (non-hydrogen) atoms. The van der Waals surface area contributed by atoms with Crippen LogP contribution in [0.4, 0.5) is 0 Å². The van der Waals surface area contributed by atoms with Gasteiger partial charge in [-0.3, -0.25) is 9.59 Å². The zero-order chi connectivity index (χ0) is 13.9. The summed E-state index contributed by atoms with van der Waals surface area (Å²) < 4.78 is 0. The Morgan fingerprint density at radius 2 is 1.74 bits per heavy atom. The van der Waals surface area contributed by atoms with Crippen LogP contribution < -0.4 is 5.73 Å². The van der Waals surface area contributed by atoms with E-state index in [-0.39, 0.29) is 17.7 Å². The van der Waals surface area contributed by atoms with Crippen LogP contribution in [0.2, 0.25) is 0 Å². The van der Waals surface area contributed by atoms with Crippen molar-refractivity contribution in [2.45, 2.75) is 44.9 Å². The molecule has 2 amide bonds. The van der Waals surface area contributed by atoms with Gasteiger partial charge in [0.25, 0.3) is 0 Å². The summed E-state index contributed by atoms with van der Waals surface area (Å²) in [7, 11) is 0. The molecule has 0 spiro atoms. The van der Waals surface area contributed by atoms with Gasteiger partial charge in [0.15, 0.2) is 0 Å². The van der Waals surface area contributed by atoms with Gasteiger partial charge in [0.05, 0.1) is 6.07 Å². The number of piperidine rings is 1. The molecule has 2 N–H and O–H groups in total. The van der Waals surface area contributed by atoms with Crippen LogP contribution in [-0.4, -0.2) is 29.8 Å². The first-order valence-corrected chi connectivity index (χ1v) is 7.09. The van der Waals surface area contributed by atoms with E-state index >= 15 is 0 Å². The van der Waals surface area contributed by atoms with Crippen molar-refractivity contribution in [3.8, 4) is 6.07 Å². The number of carbonyl (C=O) groups excluding carboxylic acids is 2. The van der Waals surface area contributed by atoms with Gasteiger partial charge in [-0.25, -0.2) is 0 Å². The molecule has 1 aliphatic heterocycles. The number of rotatable bonds is 2. The Labute approximate surface area is 113 Å². The molecule has 0 aromatic rings. The molecule has 1 saturated heterocycles. The summed E-state index contributed by atoms with van der Waals surface area (Å²) in [6.07, 6.45) is 5.63. The van der Waals surface area contributed by atoms with Gasteiger partial charge in [-0.15, -0.1) is 0 Å². The predicted octanol–water partition coefficient (Wildman–Crippen LogP) is 1.18. The number of amides is 2. The number of nitrogens with two attached hydrogens (primary N) is 1. The molecular weight excluding hydrogens is 242 g/mol. The maximum absolute atomic E-state index is 12.6. The van der Waals surface area contributed by atoms with Crippen molar-refractivity contribution >= 4 is 11.8 Å². The van der Waals surface area contributed by atoms with Crippen molar-refractivity contribution in [1.82, 2.24) is 4.90 Å². The fraction of sp³-hybridized carbons (Fsp3) is 0.786. The van der Waals surface area contributed by atoms with Crippen LogP contribution in [-0.2, 0) is 9.59 Å². The second-order valence-corrected chi connectivity index (χ2v) is 5.72. The van der Waals surface area contributed by atoms with Gasteiger partial charge in [0, 0.05) is 19.0 Å². The molecule has 1 saturated carbocycles. The standard InChI is InChI=1S/C14H21N3O2/c15-10-14(6-2-1-3-7-14)13(19)17-8-4-11(5-9-17)12(16)18/h11H,1-9H2,(H2,16,18). The third-order valence-electron chi connectivity index (χ3n) is 4.52. The number of nitrogens with zero attached hydrogens (tertiary/aromatic N) is 2. The van der Waals surface area contributed by atoms with Gasteiger partial charge in [-0.1, -0.05) is 19.3 Å². The summed E-state index contributed by atoms with van der Waals surface area (Å²) >= 11 is 0. The minimum Gasteiger partial charge on any atom is -0.369 e. The monoisotopic (exact) mass is 263 g/mol. The van der Waals surface area contributed by atoms with E-state index in [2.05, 4.69) is 6.07 Å². The molecule has 0 atom stereocenters. The Morgan fingerprint density at radius 1 is 1.16 bits per heavy atom. The number of hydrogen-bond acceptors (Lipinski definition) is 3. The van der Waals surface area contributed by atoms with Crippen molar-refractivity contribution in [3.05, 3.63) is 0 Å². The molecule has 1 aliphatic carbocycles. The lowest BCUT2D eigenvalue weighted by Crippen LogP contribution is -2.48. The average molecular weight is 263 g/mol. The van der Waals surface area contributed by atoms with E-state index in [1.54, 1.807) is 4.90 Å². The van der Waals surface area contributed by atoms with E-state index in [9.17, 15) is 14.9 Å². The average Bonchev–Trinajstić information content (AvgIpc) is 2.47. The van der Waals surface area contributed by atoms with Gasteiger partial charge in [-0.2, -0.15) is 5.26 Å². The Balaban J connectivity index is 2.00. The first-order chi connectivity index (χ1) is 9.09. The van der Waals surface area contributed by atoms with E-state index in [0.29, 0.717) is 38.8 Å². The Kier molecular flexibility index (Phi) is 4.08. The summed E-state index contributed by atoms with van der Waals surface area (Å²) in [5.74, 6) is -0.425. The molecule has 0 aromatic carbocycles. The molecule has 104 valence electrons. The summed E-state index contributed by atoms with van der Waals surface area (Å²) in [5.41, 5.74) is 4.48. The van der Waals surface area contributed by atoms with Crippen LogP contribution in [0.25, 0.3) is 0 Å². The minimum atomic E-state index is -0.808. The van der Waals surface area contributed by atoms with Crippen molar-refractivity contribution in [3.63, 3.8) is 0 Å². The predicted molar refractivity (Wildman–Crippen MR) is 69.6 cm³/mol. The van der Waals surface area contributed by atoms with Crippen LogP contribution >= 0.6 is 0 Å². The lowest BCUT2D eigenvalue weighted by molar-refractivity contribution is -0.143. The van der Waals surface area contributed by atoms with E-state index < -0.39 is 5.41 Å². The smallest absolute Gasteiger partial charge is 0.243 e. The zero-order valence-electron chi connectivity index (χ0n) is 11.2. The maximum Gasteiger partial charge on any atom is 0.243 e. The number of primary amides is 1. The molecule has 2 aliphatic rings. The molecule has 2 fully saturated rings. The highest BCUT2D eigenvalue weighted by atomic mass is 16.2. The lowest BCUT2D eigenvalue weighted by Gasteiger charge is -2.38. The van der Waals surface area contributed by atoms with Gasteiger partial charge >= 0.3 is 0 Å². The molecule has 5 heteroatoms. The topological polar surface area (TPSA) is 87.2 Å². The van der Waals surface area contributed by atoms with Crippen LogP contribution in [0.5, 0.6) is 0 Å². The first kappa shape index (κ1) is 13.9. The molecule has 1 heterocycles. The van der Waals surface area contributed by atoms with Gasteiger partial charge in [0.1, 0.15) is 5.41 Å². The van der Waals surface area contributed by atoms with Gasteiger partial charge < -0.3 is 10.6 Å². The normalized spacial score (nSPS) is 23.6. The summed E-state index contributed by atoms with van der Waals surface area (Å²) in [6, 6.07) is 2.27. The SMILES string of the molecule is N#CC1(C(=O)N2CCC(C(N)=O)CC2)CCCCC1. The van der Waals surface area contributed by atoms with E-state index in [1.165, 1.54) is 0 Å². The number of hydrogen-bond donors (Lipinski definition) is 1. The van der Waals surface area contributed by atoms with Crippen molar-refractivity contribution < 1.29 is 9.59 Å². The lowest BCUT2D eigenvalue weighted by atomic mass is 9.74. The molecule has 0 aromatic heterocycles. The highest BCUT2D eigenvalue weighted by Gasteiger charge is 2.43. The van der Waals surface area contributed by atoms with Crippen LogP contribution in [0.1, 0.15) is 44.9 Å².